The summed E-state index contributed by atoms with van der Waals surface area (Å²) >= 11 is 1.92. The zero-order valence-electron chi connectivity index (χ0n) is 19.3. The number of amidine groups is 1. The highest BCUT2D eigenvalue weighted by Crippen LogP contribution is 2.53. The summed E-state index contributed by atoms with van der Waals surface area (Å²) in [5, 5.41) is 4.29. The summed E-state index contributed by atoms with van der Waals surface area (Å²) in [5.41, 5.74) is 6.56. The van der Waals surface area contributed by atoms with Gasteiger partial charge in [-0.05, 0) is 69.2 Å². The molecule has 0 saturated heterocycles. The number of benzene rings is 2. The van der Waals surface area contributed by atoms with Crippen molar-refractivity contribution in [1.29, 1.82) is 0 Å². The molecule has 3 fully saturated rings. The molecular formula is C26H25BrN4O3S. The Morgan fingerprint density at radius 1 is 1.09 bits per heavy atom. The number of hydrogen-bond acceptors (Lipinski definition) is 5. The second-order valence-corrected chi connectivity index (χ2v) is 11.5. The van der Waals surface area contributed by atoms with E-state index >= 15 is 0 Å². The van der Waals surface area contributed by atoms with Gasteiger partial charge < -0.3 is 5.32 Å². The highest BCUT2D eigenvalue weighted by atomic mass is 79.9. The minimum absolute atomic E-state index is 0.0552. The first-order chi connectivity index (χ1) is 16.9. The van der Waals surface area contributed by atoms with Crippen LogP contribution in [0, 0.1) is 12.3 Å². The van der Waals surface area contributed by atoms with Crippen LogP contribution in [0.3, 0.4) is 0 Å². The first-order valence-corrected chi connectivity index (χ1v) is 13.6. The van der Waals surface area contributed by atoms with E-state index in [-0.39, 0.29) is 16.9 Å². The zero-order chi connectivity index (χ0) is 24.2. The maximum atomic E-state index is 14.0. The molecule has 180 valence electrons. The topological polar surface area (TPSA) is 92.7 Å². The number of halogens is 1. The summed E-state index contributed by atoms with van der Waals surface area (Å²) in [6.45, 7) is 1.99. The predicted molar refractivity (Wildman–Crippen MR) is 140 cm³/mol. The number of amides is 1. The van der Waals surface area contributed by atoms with Gasteiger partial charge in [-0.1, -0.05) is 46.3 Å². The van der Waals surface area contributed by atoms with Crippen LogP contribution < -0.4 is 10.8 Å². The average Bonchev–Trinajstić information content (AvgIpc) is 3.32. The zero-order valence-corrected chi connectivity index (χ0v) is 21.7. The lowest BCUT2D eigenvalue weighted by molar-refractivity contribution is 0.0535. The molecule has 1 aliphatic heterocycles. The third-order valence-corrected chi connectivity index (χ3v) is 9.02. The summed E-state index contributed by atoms with van der Waals surface area (Å²) in [6, 6.07) is 15.9. The van der Waals surface area contributed by atoms with Crippen LogP contribution in [0.15, 0.2) is 57.4 Å². The van der Waals surface area contributed by atoms with Crippen LogP contribution in [0.25, 0.3) is 22.2 Å². The number of aromatic nitrogens is 1. The molecule has 7 nitrogen and oxygen atoms in total. The Hall–Kier alpha value is -2.62. The van der Waals surface area contributed by atoms with E-state index in [0.29, 0.717) is 11.4 Å². The Bertz CT molecular complexity index is 1380. The Balaban J connectivity index is 1.34. The molecular weight excluding hydrogens is 528 g/mol. The summed E-state index contributed by atoms with van der Waals surface area (Å²) in [6.07, 6.45) is 5.17. The number of fused-ring (bicyclic) bond motifs is 4. The number of hydrogen-bond donors (Lipinski definition) is 2. The molecule has 7 rings (SSSR count). The van der Waals surface area contributed by atoms with Crippen LogP contribution in [-0.2, 0) is 15.6 Å². The van der Waals surface area contributed by atoms with Crippen molar-refractivity contribution in [1.82, 2.24) is 15.8 Å². The molecule has 3 saturated carbocycles. The van der Waals surface area contributed by atoms with E-state index in [0.717, 1.165) is 70.7 Å². The van der Waals surface area contributed by atoms with Gasteiger partial charge in [0.15, 0.2) is 0 Å². The highest BCUT2D eigenvalue weighted by Gasteiger charge is 2.53. The lowest BCUT2D eigenvalue weighted by atomic mass is 9.56. The SMILES string of the molecule is Cc1c(-c2ccccc2)nc2ccc(Br)cc2c1C(=O)NC12CCC(C3=NS(=O)ON3)(CC1)CC2. The molecule has 1 aromatic heterocycles. The largest absolute Gasteiger partial charge is 0.347 e. The minimum atomic E-state index is -1.65. The predicted octanol–water partition coefficient (Wildman–Crippen LogP) is 5.31. The lowest BCUT2D eigenvalue weighted by Crippen LogP contribution is -2.59. The fraction of sp³-hybridized carbons (Fsp3) is 0.346. The van der Waals surface area contributed by atoms with Gasteiger partial charge in [-0.2, -0.15) is 4.28 Å². The van der Waals surface area contributed by atoms with Gasteiger partial charge in [-0.15, -0.1) is 4.40 Å². The Morgan fingerprint density at radius 3 is 2.46 bits per heavy atom. The molecule has 1 unspecified atom stereocenters. The van der Waals surface area contributed by atoms with Gasteiger partial charge in [0.25, 0.3) is 5.91 Å². The second-order valence-electron chi connectivity index (χ2n) is 9.85. The Morgan fingerprint density at radius 2 is 1.80 bits per heavy atom. The summed E-state index contributed by atoms with van der Waals surface area (Å²) in [7, 11) is 0. The number of carbonyl (C=O) groups is 1. The summed E-state index contributed by atoms with van der Waals surface area (Å²) in [5.74, 6) is 0.643. The first-order valence-electron chi connectivity index (χ1n) is 11.8. The van der Waals surface area contributed by atoms with Gasteiger partial charge in [-0.25, -0.2) is 14.7 Å². The summed E-state index contributed by atoms with van der Waals surface area (Å²) < 4.78 is 21.6. The van der Waals surface area contributed by atoms with Gasteiger partial charge >= 0.3 is 11.3 Å². The molecule has 35 heavy (non-hydrogen) atoms. The quantitative estimate of drug-likeness (QED) is 0.457. The molecule has 4 aliphatic rings. The van der Waals surface area contributed by atoms with Crippen LogP contribution in [0.1, 0.15) is 54.4 Å². The van der Waals surface area contributed by atoms with Crippen molar-refractivity contribution in [2.24, 2.45) is 9.81 Å². The van der Waals surface area contributed by atoms with Crippen molar-refractivity contribution in [2.45, 2.75) is 51.0 Å². The molecule has 3 aliphatic carbocycles. The number of nitrogens with zero attached hydrogens (tertiary/aromatic N) is 2. The number of pyridine rings is 1. The molecule has 0 radical (unpaired) electrons. The highest BCUT2D eigenvalue weighted by molar-refractivity contribution is 9.10. The van der Waals surface area contributed by atoms with Crippen LogP contribution >= 0.6 is 15.9 Å². The normalized spacial score (nSPS) is 27.5. The van der Waals surface area contributed by atoms with Gasteiger partial charge in [-0.3, -0.25) is 4.79 Å². The van der Waals surface area contributed by atoms with Crippen molar-refractivity contribution < 1.29 is 13.3 Å². The fourth-order valence-corrected chi connectivity index (χ4v) is 6.85. The van der Waals surface area contributed by atoms with E-state index in [1.807, 2.05) is 55.5 Å². The average molecular weight is 553 g/mol. The van der Waals surface area contributed by atoms with E-state index in [2.05, 4.69) is 31.1 Å². The van der Waals surface area contributed by atoms with Crippen LogP contribution in [0.2, 0.25) is 0 Å². The van der Waals surface area contributed by atoms with Gasteiger partial charge in [0, 0.05) is 26.4 Å². The first kappa shape index (κ1) is 22.8. The van der Waals surface area contributed by atoms with E-state index in [9.17, 15) is 9.00 Å². The van der Waals surface area contributed by atoms with Crippen LogP contribution in [0.5, 0.6) is 0 Å². The number of rotatable bonds is 4. The smallest absolute Gasteiger partial charge is 0.309 e. The summed E-state index contributed by atoms with van der Waals surface area (Å²) in [4.78, 5) is 18.9. The molecule has 2 heterocycles. The van der Waals surface area contributed by atoms with E-state index in [1.165, 1.54) is 0 Å². The maximum Gasteiger partial charge on any atom is 0.309 e. The fourth-order valence-electron chi connectivity index (χ4n) is 5.92. The third kappa shape index (κ3) is 3.90. The van der Waals surface area contributed by atoms with Crippen LogP contribution in [-0.4, -0.2) is 26.5 Å². The second kappa shape index (κ2) is 8.50. The molecule has 3 aromatic rings. The van der Waals surface area contributed by atoms with Gasteiger partial charge in [0.05, 0.1) is 16.8 Å². The van der Waals surface area contributed by atoms with Crippen molar-refractivity contribution in [3.8, 4) is 11.3 Å². The number of nitrogens with one attached hydrogen (secondary N) is 2. The van der Waals surface area contributed by atoms with Gasteiger partial charge in [0.1, 0.15) is 5.84 Å². The molecule has 0 spiro atoms. The van der Waals surface area contributed by atoms with Crippen molar-refractivity contribution in [2.75, 3.05) is 0 Å². The van der Waals surface area contributed by atoms with Crippen molar-refractivity contribution in [3.63, 3.8) is 0 Å². The molecule has 9 heteroatoms. The number of carbonyl (C=O) groups excluding carboxylic acids is 1. The van der Waals surface area contributed by atoms with E-state index < -0.39 is 11.3 Å². The monoisotopic (exact) mass is 552 g/mol. The minimum Gasteiger partial charge on any atom is -0.347 e. The van der Waals surface area contributed by atoms with Crippen molar-refractivity contribution in [3.05, 3.63) is 64.1 Å². The molecule has 2 aromatic carbocycles. The van der Waals surface area contributed by atoms with E-state index in [4.69, 9.17) is 9.27 Å². The Labute approximate surface area is 214 Å². The van der Waals surface area contributed by atoms with E-state index in [1.54, 1.807) is 0 Å². The standard InChI is InChI=1S/C26H25BrN4O3S/c1-16-21(19-15-18(27)7-8-20(19)28-22(16)17-5-3-2-4-6-17)23(32)29-26-12-9-25(10-13-26,11-14-26)24-30-34-35(33)31-24/h2-8,15H,9-14H2,1H3,(H,29,32)(H,30,31). The molecule has 1 amide bonds. The molecule has 1 atom stereocenters. The van der Waals surface area contributed by atoms with Gasteiger partial charge in [0.2, 0.25) is 0 Å². The maximum absolute atomic E-state index is 14.0. The molecule has 2 bridgehead atoms. The number of hydroxylamine groups is 1. The third-order valence-electron chi connectivity index (χ3n) is 7.97. The lowest BCUT2D eigenvalue weighted by Gasteiger charge is -2.53. The molecule has 2 N–H and O–H groups in total. The Kier molecular flexibility index (Phi) is 5.54. The van der Waals surface area contributed by atoms with Crippen LogP contribution in [0.4, 0.5) is 0 Å². The van der Waals surface area contributed by atoms with Crippen molar-refractivity contribution >= 4 is 49.8 Å².